The summed E-state index contributed by atoms with van der Waals surface area (Å²) in [5.41, 5.74) is 4.42. The Kier molecular flexibility index (Phi) is 7.04. The van der Waals surface area contributed by atoms with E-state index in [-0.39, 0.29) is 10.8 Å². The third-order valence-electron chi connectivity index (χ3n) is 6.94. The van der Waals surface area contributed by atoms with E-state index in [0.717, 1.165) is 29.5 Å². The molecular weight excluding hydrogens is 484 g/mol. The van der Waals surface area contributed by atoms with E-state index in [1.54, 1.807) is 41.0 Å². The third-order valence-corrected chi connectivity index (χ3v) is 8.83. The molecule has 0 saturated carbocycles. The van der Waals surface area contributed by atoms with Gasteiger partial charge in [0.05, 0.1) is 21.7 Å². The van der Waals surface area contributed by atoms with Gasteiger partial charge in [0.1, 0.15) is 0 Å². The number of aromatic nitrogens is 2. The van der Waals surface area contributed by atoms with E-state index in [0.29, 0.717) is 47.7 Å². The van der Waals surface area contributed by atoms with Crippen LogP contribution in [0.5, 0.6) is 0 Å². The molecule has 4 aromatic rings. The van der Waals surface area contributed by atoms with Crippen molar-refractivity contribution in [3.8, 4) is 11.3 Å². The number of piperidine rings is 1. The van der Waals surface area contributed by atoms with Crippen LogP contribution in [-0.4, -0.2) is 41.7 Å². The van der Waals surface area contributed by atoms with Crippen LogP contribution in [0.15, 0.2) is 78.0 Å². The number of amides is 1. The van der Waals surface area contributed by atoms with E-state index in [4.69, 9.17) is 4.98 Å². The summed E-state index contributed by atoms with van der Waals surface area (Å²) in [6.07, 6.45) is 5.06. The molecule has 2 aromatic heterocycles. The van der Waals surface area contributed by atoms with Crippen molar-refractivity contribution >= 4 is 26.8 Å². The molecule has 0 radical (unpaired) electrons. The molecule has 1 aliphatic heterocycles. The van der Waals surface area contributed by atoms with Crippen molar-refractivity contribution < 1.29 is 13.2 Å². The summed E-state index contributed by atoms with van der Waals surface area (Å²) in [7, 11) is -3.68. The quantitative estimate of drug-likeness (QED) is 0.393. The van der Waals surface area contributed by atoms with Gasteiger partial charge in [-0.2, -0.15) is 4.31 Å². The second-order valence-corrected chi connectivity index (χ2v) is 11.7. The number of sulfonamides is 1. The molecule has 37 heavy (non-hydrogen) atoms. The Labute approximate surface area is 217 Å². The second-order valence-electron chi connectivity index (χ2n) is 9.73. The maximum atomic E-state index is 13.5. The summed E-state index contributed by atoms with van der Waals surface area (Å²) in [4.78, 5) is 22.6. The normalized spacial score (nSPS) is 15.1. The molecular formula is C29H30N4O3S. The predicted octanol–water partition coefficient (Wildman–Crippen LogP) is 4.96. The van der Waals surface area contributed by atoms with Crippen LogP contribution in [0.2, 0.25) is 0 Å². The number of aryl methyl sites for hydroxylation is 1. The van der Waals surface area contributed by atoms with E-state index in [9.17, 15) is 13.2 Å². The number of nitrogens with zero attached hydrogens (tertiary/aromatic N) is 3. The molecule has 0 aliphatic carbocycles. The lowest BCUT2D eigenvalue weighted by atomic mass is 10.0. The number of hydrogen-bond donors (Lipinski definition) is 1. The molecule has 1 fully saturated rings. The maximum absolute atomic E-state index is 13.5. The number of fused-ring (bicyclic) bond motifs is 1. The minimum atomic E-state index is -3.68. The van der Waals surface area contributed by atoms with Crippen molar-refractivity contribution in [2.45, 2.75) is 38.1 Å². The van der Waals surface area contributed by atoms with E-state index in [1.165, 1.54) is 0 Å². The van der Waals surface area contributed by atoms with E-state index in [2.05, 4.69) is 17.2 Å². The fourth-order valence-electron chi connectivity index (χ4n) is 4.57. The topological polar surface area (TPSA) is 92.3 Å². The van der Waals surface area contributed by atoms with Gasteiger partial charge in [0, 0.05) is 43.0 Å². The van der Waals surface area contributed by atoms with Crippen molar-refractivity contribution in [3.63, 3.8) is 0 Å². The number of hydrogen-bond acceptors (Lipinski definition) is 5. The lowest BCUT2D eigenvalue weighted by Gasteiger charge is -2.29. The molecule has 7 nitrogen and oxygen atoms in total. The lowest BCUT2D eigenvalue weighted by Crippen LogP contribution is -2.37. The van der Waals surface area contributed by atoms with Crippen LogP contribution in [0, 0.1) is 12.8 Å². The molecule has 1 saturated heterocycles. The van der Waals surface area contributed by atoms with Gasteiger partial charge in [0.25, 0.3) is 5.91 Å². The summed E-state index contributed by atoms with van der Waals surface area (Å²) in [6.45, 7) is 5.52. The van der Waals surface area contributed by atoms with Crippen LogP contribution in [0.25, 0.3) is 22.2 Å². The van der Waals surface area contributed by atoms with Crippen molar-refractivity contribution in [3.05, 3.63) is 89.7 Å². The Bertz CT molecular complexity index is 1530. The molecule has 1 aliphatic rings. The van der Waals surface area contributed by atoms with E-state index < -0.39 is 10.0 Å². The highest BCUT2D eigenvalue weighted by atomic mass is 32.2. The van der Waals surface area contributed by atoms with Crippen molar-refractivity contribution in [1.29, 1.82) is 0 Å². The molecule has 1 amide bonds. The number of carbonyl (C=O) groups is 1. The number of pyridine rings is 2. The molecule has 1 N–H and O–H groups in total. The largest absolute Gasteiger partial charge is 0.348 e. The molecule has 0 unspecified atom stereocenters. The zero-order valence-electron chi connectivity index (χ0n) is 21.0. The average molecular weight is 515 g/mol. The van der Waals surface area contributed by atoms with Crippen molar-refractivity contribution in [2.24, 2.45) is 5.92 Å². The Hall–Kier alpha value is -3.62. The highest BCUT2D eigenvalue weighted by Crippen LogP contribution is 2.29. The Morgan fingerprint density at radius 1 is 1.05 bits per heavy atom. The summed E-state index contributed by atoms with van der Waals surface area (Å²) in [5, 5.41) is 3.49. The van der Waals surface area contributed by atoms with Gasteiger partial charge in [-0.1, -0.05) is 36.8 Å². The summed E-state index contributed by atoms with van der Waals surface area (Å²) < 4.78 is 28.4. The zero-order chi connectivity index (χ0) is 26.0. The number of benzene rings is 2. The van der Waals surface area contributed by atoms with Crippen LogP contribution in [-0.2, 0) is 16.6 Å². The third kappa shape index (κ3) is 5.40. The standard InChI is InChI=1S/C29H30N4O3S/c1-20-5-7-22(8-6-20)18-31-29(34)26-17-28(23-4-3-13-30-19-23)32-27-10-9-24(16-25(26)27)37(35,36)33-14-11-21(2)12-15-33/h3-10,13,16-17,19,21H,11-12,14-15,18H2,1-2H3,(H,31,34). The molecule has 0 spiro atoms. The highest BCUT2D eigenvalue weighted by Gasteiger charge is 2.29. The first kappa shape index (κ1) is 25.0. The predicted molar refractivity (Wildman–Crippen MR) is 144 cm³/mol. The smallest absolute Gasteiger partial charge is 0.252 e. The second kappa shape index (κ2) is 10.4. The Balaban J connectivity index is 1.55. The highest BCUT2D eigenvalue weighted by molar-refractivity contribution is 7.89. The minimum absolute atomic E-state index is 0.179. The number of nitrogens with one attached hydrogen (secondary N) is 1. The fraction of sp³-hybridized carbons (Fsp3) is 0.276. The summed E-state index contributed by atoms with van der Waals surface area (Å²) in [6, 6.07) is 18.2. The first-order valence-corrected chi connectivity index (χ1v) is 13.9. The van der Waals surface area contributed by atoms with E-state index in [1.807, 2.05) is 43.3 Å². The lowest BCUT2D eigenvalue weighted by molar-refractivity contribution is 0.0952. The van der Waals surface area contributed by atoms with Crippen LogP contribution in [0.1, 0.15) is 41.3 Å². The first-order chi connectivity index (χ1) is 17.8. The molecule has 2 aromatic carbocycles. The molecule has 5 rings (SSSR count). The molecule has 0 bridgehead atoms. The van der Waals surface area contributed by atoms with Crippen LogP contribution in [0.3, 0.4) is 0 Å². The van der Waals surface area contributed by atoms with Crippen LogP contribution in [0.4, 0.5) is 0 Å². The average Bonchev–Trinajstić information content (AvgIpc) is 2.92. The van der Waals surface area contributed by atoms with Gasteiger partial charge < -0.3 is 5.32 Å². The first-order valence-electron chi connectivity index (χ1n) is 12.5. The van der Waals surface area contributed by atoms with Crippen LogP contribution < -0.4 is 5.32 Å². The zero-order valence-corrected chi connectivity index (χ0v) is 21.8. The van der Waals surface area contributed by atoms with Crippen molar-refractivity contribution in [2.75, 3.05) is 13.1 Å². The van der Waals surface area contributed by atoms with Gasteiger partial charge in [-0.3, -0.25) is 9.78 Å². The van der Waals surface area contributed by atoms with Gasteiger partial charge in [0.15, 0.2) is 0 Å². The van der Waals surface area contributed by atoms with Gasteiger partial charge >= 0.3 is 0 Å². The van der Waals surface area contributed by atoms with Gasteiger partial charge in [-0.05, 0) is 67.6 Å². The fourth-order valence-corrected chi connectivity index (χ4v) is 6.07. The van der Waals surface area contributed by atoms with Crippen molar-refractivity contribution in [1.82, 2.24) is 19.6 Å². The number of carbonyl (C=O) groups excluding carboxylic acids is 1. The van der Waals surface area contributed by atoms with Gasteiger partial charge in [-0.15, -0.1) is 0 Å². The molecule has 3 heterocycles. The molecule has 0 atom stereocenters. The number of rotatable bonds is 6. The Morgan fingerprint density at radius 3 is 2.51 bits per heavy atom. The molecule has 190 valence electrons. The van der Waals surface area contributed by atoms with E-state index >= 15 is 0 Å². The van der Waals surface area contributed by atoms with Gasteiger partial charge in [0.2, 0.25) is 10.0 Å². The molecule has 8 heteroatoms. The summed E-state index contributed by atoms with van der Waals surface area (Å²) >= 11 is 0. The van der Waals surface area contributed by atoms with Gasteiger partial charge in [-0.25, -0.2) is 13.4 Å². The van der Waals surface area contributed by atoms with Crippen LogP contribution >= 0.6 is 0 Å². The minimum Gasteiger partial charge on any atom is -0.348 e. The monoisotopic (exact) mass is 514 g/mol. The summed E-state index contributed by atoms with van der Waals surface area (Å²) in [5.74, 6) is 0.224. The maximum Gasteiger partial charge on any atom is 0.252 e. The Morgan fingerprint density at radius 2 is 1.81 bits per heavy atom. The SMILES string of the molecule is Cc1ccc(CNC(=O)c2cc(-c3cccnc3)nc3ccc(S(=O)(=O)N4CCC(C)CC4)cc23)cc1.